The van der Waals surface area contributed by atoms with Crippen molar-refractivity contribution < 1.29 is 19.8 Å². The van der Waals surface area contributed by atoms with Crippen molar-refractivity contribution in [2.24, 2.45) is 11.7 Å². The van der Waals surface area contributed by atoms with Gasteiger partial charge in [0.2, 0.25) is 0 Å². The Bertz CT molecular complexity index is 481. The standard InChI is InChI=1S/C14H17NO4/c1-2-10(9-6-4-3-5-7-9)11(13(16)17)8-12(15)14(18)19/h2-7,11-12H,8,15H2,1H3,(H,16,17)(H,18,19)/b10-2+/t11-,12-/m1/s1. The molecule has 0 saturated heterocycles. The SMILES string of the molecule is C/C=C(\c1ccccc1)[C@@H](C[C@@H](N)C(=O)O)C(=O)O. The van der Waals surface area contributed by atoms with E-state index in [1.165, 1.54) is 0 Å². The molecule has 5 heteroatoms. The van der Waals surface area contributed by atoms with E-state index >= 15 is 0 Å². The number of carbonyl (C=O) groups is 2. The zero-order valence-corrected chi connectivity index (χ0v) is 10.6. The summed E-state index contributed by atoms with van der Waals surface area (Å²) in [5, 5.41) is 18.1. The Labute approximate surface area is 111 Å². The molecule has 0 aliphatic rings. The zero-order valence-electron chi connectivity index (χ0n) is 10.6. The van der Waals surface area contributed by atoms with Crippen molar-refractivity contribution in [3.63, 3.8) is 0 Å². The minimum absolute atomic E-state index is 0.140. The lowest BCUT2D eigenvalue weighted by Crippen LogP contribution is -2.34. The van der Waals surface area contributed by atoms with Gasteiger partial charge in [-0.2, -0.15) is 0 Å². The summed E-state index contributed by atoms with van der Waals surface area (Å²) in [7, 11) is 0. The normalized spacial score (nSPS) is 14.7. The Kier molecular flexibility index (Phi) is 5.26. The third-order valence-corrected chi connectivity index (χ3v) is 2.90. The van der Waals surface area contributed by atoms with E-state index in [0.717, 1.165) is 5.56 Å². The largest absolute Gasteiger partial charge is 0.481 e. The van der Waals surface area contributed by atoms with Gasteiger partial charge >= 0.3 is 11.9 Å². The first kappa shape index (κ1) is 14.9. The number of rotatable bonds is 6. The summed E-state index contributed by atoms with van der Waals surface area (Å²) in [6, 6.07) is 7.81. The molecule has 0 heterocycles. The van der Waals surface area contributed by atoms with Gasteiger partial charge in [0, 0.05) is 0 Å². The smallest absolute Gasteiger partial charge is 0.320 e. The monoisotopic (exact) mass is 263 g/mol. The zero-order chi connectivity index (χ0) is 14.4. The predicted octanol–water partition coefficient (Wildman–Crippen LogP) is 1.59. The first-order valence-electron chi connectivity index (χ1n) is 5.90. The molecular formula is C14H17NO4. The third kappa shape index (κ3) is 3.93. The average molecular weight is 263 g/mol. The molecule has 1 rings (SSSR count). The summed E-state index contributed by atoms with van der Waals surface area (Å²) in [6.07, 6.45) is 1.54. The number of hydrogen-bond donors (Lipinski definition) is 3. The van der Waals surface area contributed by atoms with Gasteiger partial charge in [0.25, 0.3) is 0 Å². The van der Waals surface area contributed by atoms with Gasteiger partial charge in [0.15, 0.2) is 0 Å². The summed E-state index contributed by atoms with van der Waals surface area (Å²) in [4.78, 5) is 22.1. The van der Waals surface area contributed by atoms with Crippen LogP contribution in [0.1, 0.15) is 18.9 Å². The molecule has 19 heavy (non-hydrogen) atoms. The molecule has 0 bridgehead atoms. The van der Waals surface area contributed by atoms with Crippen LogP contribution in [0.4, 0.5) is 0 Å². The van der Waals surface area contributed by atoms with Crippen molar-refractivity contribution >= 4 is 17.5 Å². The maximum atomic E-state index is 11.3. The fourth-order valence-electron chi connectivity index (χ4n) is 1.92. The molecule has 0 aliphatic heterocycles. The van der Waals surface area contributed by atoms with Crippen molar-refractivity contribution in [2.75, 3.05) is 0 Å². The Morgan fingerprint density at radius 3 is 2.21 bits per heavy atom. The molecule has 2 atom stereocenters. The van der Waals surface area contributed by atoms with Gasteiger partial charge in [-0.1, -0.05) is 36.4 Å². The molecule has 0 unspecified atom stereocenters. The maximum absolute atomic E-state index is 11.3. The topological polar surface area (TPSA) is 101 Å². The highest BCUT2D eigenvalue weighted by Crippen LogP contribution is 2.27. The number of benzene rings is 1. The van der Waals surface area contributed by atoms with E-state index in [1.54, 1.807) is 37.3 Å². The van der Waals surface area contributed by atoms with E-state index < -0.39 is 23.9 Å². The van der Waals surface area contributed by atoms with Gasteiger partial charge in [0.1, 0.15) is 6.04 Å². The summed E-state index contributed by atoms with van der Waals surface area (Å²) in [5.41, 5.74) is 6.77. The second-order valence-electron chi connectivity index (χ2n) is 4.18. The molecule has 0 saturated carbocycles. The molecule has 0 radical (unpaired) electrons. The van der Waals surface area contributed by atoms with E-state index in [9.17, 15) is 14.7 Å². The van der Waals surface area contributed by atoms with Gasteiger partial charge in [0.05, 0.1) is 5.92 Å². The lowest BCUT2D eigenvalue weighted by molar-refractivity contribution is -0.141. The van der Waals surface area contributed by atoms with E-state index in [-0.39, 0.29) is 6.42 Å². The Balaban J connectivity index is 3.04. The summed E-state index contributed by atoms with van der Waals surface area (Å²) in [6.45, 7) is 1.73. The van der Waals surface area contributed by atoms with E-state index in [0.29, 0.717) is 5.57 Å². The summed E-state index contributed by atoms with van der Waals surface area (Å²) < 4.78 is 0. The van der Waals surface area contributed by atoms with E-state index in [1.807, 2.05) is 6.07 Å². The minimum atomic E-state index is -1.20. The van der Waals surface area contributed by atoms with Crippen LogP contribution < -0.4 is 5.73 Å². The molecular weight excluding hydrogens is 246 g/mol. The van der Waals surface area contributed by atoms with Gasteiger partial charge in [-0.05, 0) is 24.5 Å². The molecule has 1 aromatic rings. The number of allylic oxidation sites excluding steroid dienone is 1. The highest BCUT2D eigenvalue weighted by molar-refractivity contribution is 5.88. The third-order valence-electron chi connectivity index (χ3n) is 2.90. The second kappa shape index (κ2) is 6.70. The van der Waals surface area contributed by atoms with Crippen LogP contribution in [0.2, 0.25) is 0 Å². The number of carboxylic acids is 2. The Morgan fingerprint density at radius 2 is 1.79 bits per heavy atom. The number of aliphatic carboxylic acids is 2. The Hall–Kier alpha value is -2.14. The number of hydrogen-bond acceptors (Lipinski definition) is 3. The predicted molar refractivity (Wildman–Crippen MR) is 71.4 cm³/mol. The maximum Gasteiger partial charge on any atom is 0.320 e. The van der Waals surface area contributed by atoms with Gasteiger partial charge in [-0.3, -0.25) is 9.59 Å². The van der Waals surface area contributed by atoms with E-state index in [2.05, 4.69) is 0 Å². The molecule has 5 nitrogen and oxygen atoms in total. The average Bonchev–Trinajstić information content (AvgIpc) is 2.39. The van der Waals surface area contributed by atoms with Crippen LogP contribution in [-0.2, 0) is 9.59 Å². The highest BCUT2D eigenvalue weighted by atomic mass is 16.4. The lowest BCUT2D eigenvalue weighted by Gasteiger charge is -2.18. The minimum Gasteiger partial charge on any atom is -0.481 e. The van der Waals surface area contributed by atoms with Crippen LogP contribution >= 0.6 is 0 Å². The number of carboxylic acid groups (broad SMARTS) is 2. The van der Waals surface area contributed by atoms with Crippen LogP contribution in [0.3, 0.4) is 0 Å². The molecule has 0 fully saturated rings. The first-order chi connectivity index (χ1) is 8.97. The fraction of sp³-hybridized carbons (Fsp3) is 0.286. The van der Waals surface area contributed by atoms with Crippen molar-refractivity contribution in [3.8, 4) is 0 Å². The molecule has 0 aromatic heterocycles. The molecule has 1 aromatic carbocycles. The van der Waals surface area contributed by atoms with Gasteiger partial charge < -0.3 is 15.9 Å². The second-order valence-corrected chi connectivity index (χ2v) is 4.18. The van der Waals surface area contributed by atoms with Crippen molar-refractivity contribution in [2.45, 2.75) is 19.4 Å². The highest BCUT2D eigenvalue weighted by Gasteiger charge is 2.27. The van der Waals surface area contributed by atoms with Crippen LogP contribution in [0, 0.1) is 5.92 Å². The first-order valence-corrected chi connectivity index (χ1v) is 5.90. The Morgan fingerprint density at radius 1 is 1.21 bits per heavy atom. The van der Waals surface area contributed by atoms with Crippen LogP contribution in [0.25, 0.3) is 5.57 Å². The molecule has 0 amide bonds. The fourth-order valence-corrected chi connectivity index (χ4v) is 1.92. The van der Waals surface area contributed by atoms with Gasteiger partial charge in [-0.15, -0.1) is 0 Å². The van der Waals surface area contributed by atoms with Crippen LogP contribution in [-0.4, -0.2) is 28.2 Å². The summed E-state index contributed by atoms with van der Waals surface area (Å²) >= 11 is 0. The quantitative estimate of drug-likeness (QED) is 0.723. The van der Waals surface area contributed by atoms with Crippen LogP contribution in [0.15, 0.2) is 36.4 Å². The molecule has 0 aliphatic carbocycles. The van der Waals surface area contributed by atoms with Crippen molar-refractivity contribution in [3.05, 3.63) is 42.0 Å². The molecule has 102 valence electrons. The lowest BCUT2D eigenvalue weighted by atomic mass is 9.87. The molecule has 0 spiro atoms. The van der Waals surface area contributed by atoms with Crippen molar-refractivity contribution in [1.82, 2.24) is 0 Å². The van der Waals surface area contributed by atoms with E-state index in [4.69, 9.17) is 10.8 Å². The van der Waals surface area contributed by atoms with Gasteiger partial charge in [-0.25, -0.2) is 0 Å². The molecule has 4 N–H and O–H groups in total. The number of nitrogens with two attached hydrogens (primary N) is 1. The van der Waals surface area contributed by atoms with Crippen LogP contribution in [0.5, 0.6) is 0 Å². The summed E-state index contributed by atoms with van der Waals surface area (Å²) in [5.74, 6) is -3.21. The van der Waals surface area contributed by atoms with Crippen molar-refractivity contribution in [1.29, 1.82) is 0 Å².